The number of pyridine rings is 1. The molecule has 2 rings (SSSR count). The lowest BCUT2D eigenvalue weighted by Crippen LogP contribution is -2.23. The minimum atomic E-state index is -1.00. The molecule has 0 spiro atoms. The number of aromatic hydroxyl groups is 1. The summed E-state index contributed by atoms with van der Waals surface area (Å²) in [5.74, 6) is -1.35. The van der Waals surface area contributed by atoms with Crippen LogP contribution in [0.4, 0.5) is 4.39 Å². The van der Waals surface area contributed by atoms with Crippen LogP contribution in [0.3, 0.4) is 0 Å². The van der Waals surface area contributed by atoms with E-state index >= 15 is 0 Å². The molecule has 0 amide bonds. The number of hydrogen-bond acceptors (Lipinski definition) is 5. The second kappa shape index (κ2) is 6.14. The smallest absolute Gasteiger partial charge is 0.325 e. The molecule has 4 N–H and O–H groups in total. The molecule has 2 heterocycles. The quantitative estimate of drug-likeness (QED) is 0.512. The Morgan fingerprint density at radius 3 is 2.40 bits per heavy atom. The maximum absolute atomic E-state index is 12.0. The highest BCUT2D eigenvalue weighted by Crippen LogP contribution is 2.12. The zero-order chi connectivity index (χ0) is 15.3. The summed E-state index contributed by atoms with van der Waals surface area (Å²) in [5, 5.41) is 17.5. The third kappa shape index (κ3) is 3.67. The molecule has 0 aliphatic heterocycles. The molecule has 0 saturated heterocycles. The van der Waals surface area contributed by atoms with E-state index < -0.39 is 22.6 Å². The van der Waals surface area contributed by atoms with E-state index in [1.807, 2.05) is 4.98 Å². The fraction of sp³-hybridized carbons (Fsp3) is 0.0909. The van der Waals surface area contributed by atoms with Crippen LogP contribution in [0.1, 0.15) is 11.1 Å². The molecule has 8 nitrogen and oxygen atoms in total. The molecule has 20 heavy (non-hydrogen) atoms. The number of halogens is 1. The van der Waals surface area contributed by atoms with Gasteiger partial charge in [0, 0.05) is 12.3 Å². The molecule has 0 saturated carbocycles. The van der Waals surface area contributed by atoms with Crippen molar-refractivity contribution in [2.24, 2.45) is 0 Å². The first-order valence-electron chi connectivity index (χ1n) is 5.15. The van der Waals surface area contributed by atoms with Crippen molar-refractivity contribution in [1.82, 2.24) is 15.0 Å². The lowest BCUT2D eigenvalue weighted by Gasteiger charge is -1.96. The molecule has 0 aromatic carbocycles. The van der Waals surface area contributed by atoms with Gasteiger partial charge in [-0.05, 0) is 12.5 Å². The maximum atomic E-state index is 12.0. The Balaban J connectivity index is 0.000000204. The summed E-state index contributed by atoms with van der Waals surface area (Å²) in [5.41, 5.74) is -1.52. The largest absolute Gasteiger partial charge is 0.494 e. The van der Waals surface area contributed by atoms with Crippen LogP contribution in [0.15, 0.2) is 26.6 Å². The van der Waals surface area contributed by atoms with E-state index in [0.29, 0.717) is 11.8 Å². The van der Waals surface area contributed by atoms with E-state index in [1.54, 1.807) is 18.0 Å². The summed E-state index contributed by atoms with van der Waals surface area (Å²) in [6.07, 6.45) is 0.709. The van der Waals surface area contributed by atoms with E-state index in [2.05, 4.69) is 4.98 Å². The van der Waals surface area contributed by atoms with Gasteiger partial charge in [-0.15, -0.1) is 0 Å². The first-order chi connectivity index (χ1) is 9.35. The molecule has 2 aromatic rings. The number of rotatable bonds is 0. The van der Waals surface area contributed by atoms with E-state index in [0.717, 1.165) is 0 Å². The standard InChI is InChI=1S/C7H6N2O2.C4H3FN2O2/c1-4-2-6(10)9-7(11)5(4)3-8;5-2-1-6-4(9)7-3(2)8/h2H,1H3,(H2,9,10,11);1H,(H2,6,7,8,9). The SMILES string of the molecule is Cc1cc(=O)[nH]c(O)c1C#N.O=c1[nH]cc(F)c(=O)[nH]1. The summed E-state index contributed by atoms with van der Waals surface area (Å²) in [6, 6.07) is 3.03. The van der Waals surface area contributed by atoms with Crippen LogP contribution in [0.25, 0.3) is 0 Å². The van der Waals surface area contributed by atoms with Gasteiger partial charge in [-0.1, -0.05) is 0 Å². The maximum Gasteiger partial charge on any atom is 0.325 e. The Bertz CT molecular complexity index is 802. The molecule has 0 aliphatic rings. The summed E-state index contributed by atoms with van der Waals surface area (Å²) >= 11 is 0. The summed E-state index contributed by atoms with van der Waals surface area (Å²) in [6.45, 7) is 1.59. The number of nitrogens with one attached hydrogen (secondary N) is 3. The monoisotopic (exact) mass is 280 g/mol. The van der Waals surface area contributed by atoms with Crippen LogP contribution in [0.5, 0.6) is 5.88 Å². The Kier molecular flexibility index (Phi) is 4.58. The molecule has 0 radical (unpaired) electrons. The molecule has 0 aliphatic carbocycles. The van der Waals surface area contributed by atoms with Gasteiger partial charge in [0.15, 0.2) is 0 Å². The van der Waals surface area contributed by atoms with Crippen LogP contribution in [0.2, 0.25) is 0 Å². The lowest BCUT2D eigenvalue weighted by molar-refractivity contribution is 0.449. The van der Waals surface area contributed by atoms with Gasteiger partial charge < -0.3 is 10.1 Å². The van der Waals surface area contributed by atoms with Gasteiger partial charge in [-0.2, -0.15) is 9.65 Å². The van der Waals surface area contributed by atoms with E-state index in [9.17, 15) is 18.8 Å². The van der Waals surface area contributed by atoms with Crippen LogP contribution in [-0.2, 0) is 0 Å². The predicted molar refractivity (Wildman–Crippen MR) is 65.8 cm³/mol. The minimum Gasteiger partial charge on any atom is -0.494 e. The van der Waals surface area contributed by atoms with Crippen LogP contribution < -0.4 is 16.8 Å². The Morgan fingerprint density at radius 2 is 1.95 bits per heavy atom. The number of aryl methyl sites for hydroxylation is 1. The number of hydrogen-bond donors (Lipinski definition) is 4. The van der Waals surface area contributed by atoms with Crippen molar-refractivity contribution >= 4 is 0 Å². The number of aromatic amines is 3. The molecule has 104 valence electrons. The van der Waals surface area contributed by atoms with Gasteiger partial charge in [0.05, 0.1) is 0 Å². The minimum absolute atomic E-state index is 0.115. The molecule has 0 bridgehead atoms. The van der Waals surface area contributed by atoms with E-state index in [-0.39, 0.29) is 11.4 Å². The third-order valence-electron chi connectivity index (χ3n) is 2.11. The topological polar surface area (TPSA) is 143 Å². The number of nitrogens with zero attached hydrogens (tertiary/aromatic N) is 1. The molecular formula is C11H9FN4O4. The van der Waals surface area contributed by atoms with Crippen molar-refractivity contribution in [2.45, 2.75) is 6.92 Å². The van der Waals surface area contributed by atoms with Crippen molar-refractivity contribution in [1.29, 1.82) is 5.26 Å². The number of aromatic nitrogens is 3. The second-order valence-corrected chi connectivity index (χ2v) is 3.57. The zero-order valence-electron chi connectivity index (χ0n) is 10.2. The van der Waals surface area contributed by atoms with Crippen molar-refractivity contribution in [3.63, 3.8) is 0 Å². The van der Waals surface area contributed by atoms with E-state index in [1.165, 1.54) is 6.07 Å². The fourth-order valence-electron chi connectivity index (χ4n) is 1.21. The molecular weight excluding hydrogens is 271 g/mol. The molecule has 9 heteroatoms. The second-order valence-electron chi connectivity index (χ2n) is 3.57. The van der Waals surface area contributed by atoms with Gasteiger partial charge in [0.1, 0.15) is 11.6 Å². The highest BCUT2D eigenvalue weighted by molar-refractivity contribution is 5.42. The number of nitriles is 1. The van der Waals surface area contributed by atoms with Crippen molar-refractivity contribution in [2.75, 3.05) is 0 Å². The van der Waals surface area contributed by atoms with Gasteiger partial charge in [0.25, 0.3) is 11.1 Å². The zero-order valence-corrected chi connectivity index (χ0v) is 10.2. The Hall–Kier alpha value is -3.15. The summed E-state index contributed by atoms with van der Waals surface area (Å²) in [4.78, 5) is 36.8. The molecule has 0 atom stereocenters. The molecule has 2 aromatic heterocycles. The van der Waals surface area contributed by atoms with Crippen LogP contribution in [-0.4, -0.2) is 20.1 Å². The predicted octanol–water partition coefficient (Wildman–Crippen LogP) is -0.537. The van der Waals surface area contributed by atoms with Crippen LogP contribution >= 0.6 is 0 Å². The van der Waals surface area contributed by atoms with E-state index in [4.69, 9.17) is 10.4 Å². The lowest BCUT2D eigenvalue weighted by atomic mass is 10.2. The Labute approximate surface area is 110 Å². The highest BCUT2D eigenvalue weighted by atomic mass is 19.1. The first-order valence-corrected chi connectivity index (χ1v) is 5.15. The highest BCUT2D eigenvalue weighted by Gasteiger charge is 2.04. The molecule has 0 unspecified atom stereocenters. The number of H-pyrrole nitrogens is 3. The first kappa shape index (κ1) is 14.9. The van der Waals surface area contributed by atoms with Gasteiger partial charge >= 0.3 is 5.69 Å². The van der Waals surface area contributed by atoms with Gasteiger partial charge in [0.2, 0.25) is 11.7 Å². The third-order valence-corrected chi connectivity index (χ3v) is 2.11. The van der Waals surface area contributed by atoms with Gasteiger partial charge in [-0.25, -0.2) is 4.79 Å². The van der Waals surface area contributed by atoms with Gasteiger partial charge in [-0.3, -0.25) is 19.6 Å². The van der Waals surface area contributed by atoms with Crippen molar-refractivity contribution in [3.8, 4) is 11.9 Å². The average Bonchev–Trinajstić information content (AvgIpc) is 2.34. The Morgan fingerprint density at radius 1 is 1.30 bits per heavy atom. The van der Waals surface area contributed by atoms with Crippen molar-refractivity contribution < 1.29 is 9.50 Å². The van der Waals surface area contributed by atoms with Crippen LogP contribution in [0, 0.1) is 24.1 Å². The fourth-order valence-corrected chi connectivity index (χ4v) is 1.21. The normalized spacial score (nSPS) is 9.25. The summed E-state index contributed by atoms with van der Waals surface area (Å²) < 4.78 is 12.0. The van der Waals surface area contributed by atoms with Crippen molar-refractivity contribution in [3.05, 3.63) is 60.4 Å². The average molecular weight is 280 g/mol. The molecule has 0 fully saturated rings. The summed E-state index contributed by atoms with van der Waals surface area (Å²) in [7, 11) is 0.